The zero-order valence-corrected chi connectivity index (χ0v) is 18.8. The van der Waals surface area contributed by atoms with Crippen LogP contribution in [0.3, 0.4) is 0 Å². The van der Waals surface area contributed by atoms with Crippen LogP contribution in [0.25, 0.3) is 11.3 Å². The molecular weight excluding hydrogens is 386 g/mol. The third-order valence-corrected chi connectivity index (χ3v) is 5.82. The summed E-state index contributed by atoms with van der Waals surface area (Å²) in [5, 5.41) is 6.16. The molecule has 0 aliphatic carbocycles. The monoisotopic (exact) mass is 419 g/mol. The average Bonchev–Trinajstić information content (AvgIpc) is 2.82. The van der Waals surface area contributed by atoms with E-state index in [2.05, 4.69) is 77.1 Å². The summed E-state index contributed by atoms with van der Waals surface area (Å²) in [5.74, 6) is 0. The Labute approximate surface area is 185 Å². The molecule has 3 rings (SSSR count). The zero-order valence-electron chi connectivity index (χ0n) is 18.8. The van der Waals surface area contributed by atoms with E-state index in [9.17, 15) is 4.79 Å². The second-order valence-corrected chi connectivity index (χ2v) is 7.62. The number of rotatable bonds is 7. The summed E-state index contributed by atoms with van der Waals surface area (Å²) in [7, 11) is 1.36. The summed E-state index contributed by atoms with van der Waals surface area (Å²) >= 11 is 0. The van der Waals surface area contributed by atoms with Crippen molar-refractivity contribution in [3.63, 3.8) is 0 Å². The van der Waals surface area contributed by atoms with Crippen LogP contribution >= 0.6 is 0 Å². The fraction of sp³-hybridized carbons (Fsp3) is 0.346. The molecule has 0 saturated carbocycles. The Bertz CT molecular complexity index is 918. The zero-order chi connectivity index (χ0) is 22.2. The quantitative estimate of drug-likeness (QED) is 0.634. The van der Waals surface area contributed by atoms with Crippen LogP contribution in [0.2, 0.25) is 0 Å². The van der Waals surface area contributed by atoms with Crippen molar-refractivity contribution >= 4 is 23.1 Å². The van der Waals surface area contributed by atoms with Gasteiger partial charge >= 0.3 is 6.09 Å². The molecule has 1 aliphatic heterocycles. The fourth-order valence-corrected chi connectivity index (χ4v) is 4.06. The van der Waals surface area contributed by atoms with E-state index in [4.69, 9.17) is 0 Å². The van der Waals surface area contributed by atoms with Crippen LogP contribution in [0.15, 0.2) is 60.7 Å². The Morgan fingerprint density at radius 3 is 2.00 bits per heavy atom. The molecule has 5 nitrogen and oxygen atoms in total. The first-order valence-electron chi connectivity index (χ1n) is 11.0. The Balaban J connectivity index is 1.94. The van der Waals surface area contributed by atoms with Gasteiger partial charge in [-0.15, -0.1) is 0 Å². The Morgan fingerprint density at radius 1 is 0.968 bits per heavy atom. The summed E-state index contributed by atoms with van der Waals surface area (Å²) in [5.41, 5.74) is 8.04. The number of anilines is 1. The first kappa shape index (κ1) is 22.6. The molecule has 1 saturated heterocycles. The second-order valence-electron chi connectivity index (χ2n) is 7.62. The molecule has 0 spiro atoms. The van der Waals surface area contributed by atoms with Gasteiger partial charge in [-0.2, -0.15) is 0 Å². The van der Waals surface area contributed by atoms with E-state index in [0.29, 0.717) is 0 Å². The normalized spacial score (nSPS) is 13.5. The largest absolute Gasteiger partial charge is 0.453 e. The van der Waals surface area contributed by atoms with Crippen molar-refractivity contribution in [1.82, 2.24) is 10.2 Å². The lowest BCUT2D eigenvalue weighted by Gasteiger charge is -2.24. The molecule has 1 fully saturated rings. The van der Waals surface area contributed by atoms with Gasteiger partial charge in [-0.1, -0.05) is 48.6 Å². The van der Waals surface area contributed by atoms with Crippen LogP contribution in [-0.4, -0.2) is 44.3 Å². The maximum absolute atomic E-state index is 11.5. The molecule has 1 aliphatic rings. The predicted molar refractivity (Wildman–Crippen MR) is 129 cm³/mol. The number of carbonyl (C=O) groups excluding carboxylic acids is 1. The molecule has 2 N–H and O–H groups in total. The number of benzene rings is 2. The van der Waals surface area contributed by atoms with Crippen LogP contribution < -0.4 is 10.6 Å². The van der Waals surface area contributed by atoms with E-state index < -0.39 is 6.09 Å². The molecule has 5 heteroatoms. The van der Waals surface area contributed by atoms with Crippen molar-refractivity contribution in [3.8, 4) is 0 Å². The minimum absolute atomic E-state index is 0.464. The van der Waals surface area contributed by atoms with Crippen molar-refractivity contribution < 1.29 is 9.53 Å². The molecule has 0 aromatic heterocycles. The van der Waals surface area contributed by atoms with Gasteiger partial charge < -0.3 is 15.0 Å². The molecule has 1 amide bonds. The second kappa shape index (κ2) is 10.8. The smallest absolute Gasteiger partial charge is 0.411 e. The number of ether oxygens (including phenoxy) is 1. The first-order valence-corrected chi connectivity index (χ1v) is 11.0. The molecule has 0 unspecified atom stereocenters. The third kappa shape index (κ3) is 5.56. The van der Waals surface area contributed by atoms with E-state index in [1.54, 1.807) is 0 Å². The Morgan fingerprint density at radius 2 is 1.48 bits per heavy atom. The SMILES string of the molecule is C=C(c1ccc(C(=C2CCNCC2)c2ccc(NC(=O)OC)cc2)cc1)N(CC)CC. The van der Waals surface area contributed by atoms with Crippen molar-refractivity contribution in [2.24, 2.45) is 0 Å². The fourth-order valence-electron chi connectivity index (χ4n) is 4.06. The number of hydrogen-bond donors (Lipinski definition) is 2. The highest BCUT2D eigenvalue weighted by atomic mass is 16.5. The lowest BCUT2D eigenvalue weighted by atomic mass is 9.88. The number of carbonyl (C=O) groups is 1. The van der Waals surface area contributed by atoms with E-state index >= 15 is 0 Å². The van der Waals surface area contributed by atoms with Crippen LogP contribution in [-0.2, 0) is 4.74 Å². The van der Waals surface area contributed by atoms with Crippen LogP contribution in [0, 0.1) is 0 Å². The number of piperidine rings is 1. The Kier molecular flexibility index (Phi) is 7.90. The summed E-state index contributed by atoms with van der Waals surface area (Å²) in [4.78, 5) is 13.8. The van der Waals surface area contributed by atoms with Gasteiger partial charge in [-0.3, -0.25) is 5.32 Å². The minimum Gasteiger partial charge on any atom is -0.453 e. The van der Waals surface area contributed by atoms with Crippen LogP contribution in [0.1, 0.15) is 43.4 Å². The van der Waals surface area contributed by atoms with Gasteiger partial charge in [0.15, 0.2) is 0 Å². The lowest BCUT2D eigenvalue weighted by molar-refractivity contribution is 0.187. The molecule has 164 valence electrons. The third-order valence-electron chi connectivity index (χ3n) is 5.82. The van der Waals surface area contributed by atoms with Crippen molar-refractivity contribution in [1.29, 1.82) is 0 Å². The number of methoxy groups -OCH3 is 1. The molecule has 0 bridgehead atoms. The van der Waals surface area contributed by atoms with Gasteiger partial charge in [0.25, 0.3) is 0 Å². The average molecular weight is 420 g/mol. The highest BCUT2D eigenvalue weighted by molar-refractivity contribution is 5.87. The van der Waals surface area contributed by atoms with Crippen molar-refractivity contribution in [3.05, 3.63) is 77.4 Å². The molecule has 0 atom stereocenters. The summed E-state index contributed by atoms with van der Waals surface area (Å²) < 4.78 is 4.68. The number of nitrogens with zero attached hydrogens (tertiary/aromatic N) is 1. The lowest BCUT2D eigenvalue weighted by Crippen LogP contribution is -2.24. The van der Waals surface area contributed by atoms with Gasteiger partial charge in [0.05, 0.1) is 7.11 Å². The highest BCUT2D eigenvalue weighted by Gasteiger charge is 2.16. The maximum atomic E-state index is 11.5. The molecule has 1 heterocycles. The van der Waals surface area contributed by atoms with Gasteiger partial charge in [0.2, 0.25) is 0 Å². The van der Waals surface area contributed by atoms with Crippen LogP contribution in [0.4, 0.5) is 10.5 Å². The van der Waals surface area contributed by atoms with Crippen molar-refractivity contribution in [2.75, 3.05) is 38.6 Å². The van der Waals surface area contributed by atoms with E-state index in [-0.39, 0.29) is 0 Å². The van der Waals surface area contributed by atoms with Gasteiger partial charge in [-0.25, -0.2) is 4.79 Å². The molecule has 2 aromatic rings. The Hall–Kier alpha value is -3.05. The van der Waals surface area contributed by atoms with Gasteiger partial charge in [0.1, 0.15) is 0 Å². The summed E-state index contributed by atoms with van der Waals surface area (Å²) in [6.45, 7) is 12.5. The molecule has 31 heavy (non-hydrogen) atoms. The highest BCUT2D eigenvalue weighted by Crippen LogP contribution is 2.32. The molecule has 2 aromatic carbocycles. The predicted octanol–water partition coefficient (Wildman–Crippen LogP) is 5.36. The summed E-state index contributed by atoms with van der Waals surface area (Å²) in [6.07, 6.45) is 1.60. The minimum atomic E-state index is -0.464. The molecule has 0 radical (unpaired) electrons. The summed E-state index contributed by atoms with van der Waals surface area (Å²) in [6, 6.07) is 16.7. The van der Waals surface area contributed by atoms with E-state index in [1.165, 1.54) is 23.8 Å². The molecular formula is C26H33N3O2. The van der Waals surface area contributed by atoms with Crippen molar-refractivity contribution in [2.45, 2.75) is 26.7 Å². The number of amides is 1. The number of nitrogens with one attached hydrogen (secondary N) is 2. The standard InChI is InChI=1S/C26H33N3O2/c1-5-29(6-2)19(3)20-7-9-21(10-8-20)25(23-15-17-27-18-16-23)22-11-13-24(14-12-22)28-26(30)31-4/h7-14,27H,3,5-6,15-18H2,1-2,4H3,(H,28,30). The maximum Gasteiger partial charge on any atom is 0.411 e. The van der Waals surface area contributed by atoms with E-state index in [0.717, 1.165) is 61.5 Å². The van der Waals surface area contributed by atoms with E-state index in [1.807, 2.05) is 12.1 Å². The van der Waals surface area contributed by atoms with Gasteiger partial charge in [-0.05, 0) is 74.2 Å². The first-order chi connectivity index (χ1) is 15.1. The number of hydrogen-bond acceptors (Lipinski definition) is 4. The van der Waals surface area contributed by atoms with Gasteiger partial charge in [0, 0.05) is 24.5 Å². The topological polar surface area (TPSA) is 53.6 Å². The van der Waals surface area contributed by atoms with Crippen LogP contribution in [0.5, 0.6) is 0 Å².